The fourth-order valence-corrected chi connectivity index (χ4v) is 24.4. The van der Waals surface area contributed by atoms with E-state index in [2.05, 4.69) is 63.0 Å². The molecule has 30 nitrogen and oxygen atoms in total. The minimum absolute atomic E-state index is 0.0321. The summed E-state index contributed by atoms with van der Waals surface area (Å²) in [4.78, 5) is 99.4. The summed E-state index contributed by atoms with van der Waals surface area (Å²) in [6, 6.07) is 23.2. The molecule has 0 bridgehead atoms. The third-order valence-electron chi connectivity index (χ3n) is 29.8. The van der Waals surface area contributed by atoms with Gasteiger partial charge < -0.3 is 67.9 Å². The maximum absolute atomic E-state index is 12.7. The Balaban J connectivity index is 0.000000159. The van der Waals surface area contributed by atoms with E-state index in [-0.39, 0.29) is 60.9 Å². The second-order valence-corrected chi connectivity index (χ2v) is 45.0. The van der Waals surface area contributed by atoms with Crippen molar-refractivity contribution in [2.75, 3.05) is 228 Å². The summed E-state index contributed by atoms with van der Waals surface area (Å²) in [5, 5.41) is 2.55. The number of likely N-dealkylation sites (tertiary alicyclic amines) is 2. The summed E-state index contributed by atoms with van der Waals surface area (Å²) in [7, 11) is -6.45. The van der Waals surface area contributed by atoms with Crippen molar-refractivity contribution in [3.8, 4) is 0 Å². The molecule has 792 valence electrons. The van der Waals surface area contributed by atoms with Crippen LogP contribution in [0, 0.1) is 23.7 Å². The molecule has 12 saturated heterocycles. The quantitative estimate of drug-likeness (QED) is 0.0662. The van der Waals surface area contributed by atoms with Gasteiger partial charge in [-0.05, 0) is 162 Å². The lowest BCUT2D eigenvalue weighted by Gasteiger charge is -2.46. The van der Waals surface area contributed by atoms with E-state index in [4.69, 9.17) is 46.4 Å². The van der Waals surface area contributed by atoms with E-state index in [9.17, 15) is 98.3 Å². The molecule has 48 heteroatoms. The molecule has 0 radical (unpaired) electrons. The van der Waals surface area contributed by atoms with E-state index in [0.29, 0.717) is 156 Å². The number of hydrogen-bond donors (Lipinski definition) is 0. The van der Waals surface area contributed by atoms with Gasteiger partial charge in [-0.1, -0.05) is 70.7 Å². The van der Waals surface area contributed by atoms with E-state index in [0.717, 1.165) is 196 Å². The van der Waals surface area contributed by atoms with Crippen LogP contribution in [-0.4, -0.2) is 380 Å². The van der Waals surface area contributed by atoms with Crippen LogP contribution < -0.4 is 19.6 Å². The number of benzene rings is 4. The summed E-state index contributed by atoms with van der Waals surface area (Å²) >= 11 is 25.3. The van der Waals surface area contributed by atoms with Gasteiger partial charge in [-0.25, -0.2) is 40.3 Å². The lowest BCUT2D eigenvalue weighted by atomic mass is 9.84. The van der Waals surface area contributed by atoms with Gasteiger partial charge in [0.25, 0.3) is 0 Å². The van der Waals surface area contributed by atoms with Crippen LogP contribution in [0.4, 0.5) is 94.6 Å². The highest BCUT2D eigenvalue weighted by Crippen LogP contribution is 2.46. The zero-order valence-corrected chi connectivity index (χ0v) is 85.6. The maximum Gasteiger partial charge on any atom is 0.425 e. The monoisotopic (exact) mass is 2140 g/mol. The lowest BCUT2D eigenvalue weighted by Crippen LogP contribution is -2.54. The van der Waals surface area contributed by atoms with Crippen LogP contribution in [0.1, 0.15) is 115 Å². The van der Waals surface area contributed by atoms with Crippen molar-refractivity contribution in [2.45, 2.75) is 179 Å². The molecule has 0 saturated carbocycles. The van der Waals surface area contributed by atoms with Gasteiger partial charge in [-0.2, -0.15) is 57.0 Å². The molecule has 4 aromatic carbocycles. The van der Waals surface area contributed by atoms with E-state index in [1.165, 1.54) is 32.1 Å². The molecule has 0 aliphatic carbocycles. The molecular weight excluding hydrogens is 2010 g/mol. The Morgan fingerprint density at radius 3 is 0.852 bits per heavy atom. The van der Waals surface area contributed by atoms with Gasteiger partial charge in [0.05, 0.1) is 12.5 Å². The number of nitrogens with zero attached hydrogens (tertiary/aromatic N) is 16. The Hall–Kier alpha value is -7.92. The van der Waals surface area contributed by atoms with Crippen LogP contribution >= 0.6 is 46.4 Å². The van der Waals surface area contributed by atoms with Gasteiger partial charge in [0.15, 0.2) is 24.4 Å². The van der Waals surface area contributed by atoms with Crippen molar-refractivity contribution in [1.82, 2.24) is 57.6 Å². The smallest absolute Gasteiger partial charge is 0.425 e. The number of anilines is 4. The Morgan fingerprint density at radius 1 is 0.331 bits per heavy atom. The first-order valence-corrected chi connectivity index (χ1v) is 53.4. The fraction of sp³-hybridized carbons (Fsp3) is 0.681. The zero-order chi connectivity index (χ0) is 103. The van der Waals surface area contributed by atoms with Crippen LogP contribution in [-0.2, 0) is 74.8 Å². The third kappa shape index (κ3) is 28.5. The van der Waals surface area contributed by atoms with Crippen molar-refractivity contribution in [3.05, 3.63) is 115 Å². The van der Waals surface area contributed by atoms with Gasteiger partial charge in [-0.15, -0.1) is 0 Å². The number of alkyl halides is 12. The number of piperazine rings is 4. The molecule has 8 unspecified atom stereocenters. The van der Waals surface area contributed by atoms with Crippen LogP contribution in [0.25, 0.3) is 0 Å². The van der Waals surface area contributed by atoms with Crippen molar-refractivity contribution >= 4 is 125 Å². The highest BCUT2D eigenvalue weighted by Gasteiger charge is 2.52. The molecule has 12 heterocycles. The number of carbonyl (C=O) groups excluding carboxylic acids is 6. The normalized spacial score (nSPS) is 23.4. The van der Waals surface area contributed by atoms with E-state index in [1.54, 1.807) is 22.5 Å². The first kappa shape index (κ1) is 111. The van der Waals surface area contributed by atoms with E-state index < -0.39 is 93.5 Å². The molecule has 142 heavy (non-hydrogen) atoms. The summed E-state index contributed by atoms with van der Waals surface area (Å²) in [6.45, 7) is 26.0. The number of sulfonamides is 2. The molecular formula is C94H128Cl4F12N16O14S2. The minimum atomic E-state index is -4.59. The van der Waals surface area contributed by atoms with Gasteiger partial charge in [0.1, 0.15) is 0 Å². The Kier molecular flexibility index (Phi) is 36.2. The number of fused-ring (bicyclic) bond motifs is 2. The summed E-state index contributed by atoms with van der Waals surface area (Å²) in [6.07, 6.45) is -20.9. The second kappa shape index (κ2) is 46.2. The first-order chi connectivity index (χ1) is 66.6. The Morgan fingerprint density at radius 2 is 0.592 bits per heavy atom. The van der Waals surface area contributed by atoms with Crippen LogP contribution in [0.3, 0.4) is 0 Å². The molecule has 12 aliphatic heterocycles. The average Bonchev–Trinajstić information content (AvgIpc) is 1.66. The number of hydrogen-bond acceptors (Lipinski definition) is 22. The Bertz CT molecular complexity index is 5270. The first-order valence-electron chi connectivity index (χ1n) is 48.2. The van der Waals surface area contributed by atoms with E-state index in [1.807, 2.05) is 77.7 Å². The largest absolute Gasteiger partial charge is 0.437 e. The zero-order valence-electron chi connectivity index (χ0n) is 81.0. The number of piperidine rings is 2. The summed E-state index contributed by atoms with van der Waals surface area (Å²) in [5.74, 6) is 1.71. The predicted octanol–water partition coefficient (Wildman–Crippen LogP) is 14.8. The molecule has 4 aromatic rings. The standard InChI is InChI=1S/C25H34ClF3N4O3.C24H34ClF3N4O4S.C23H30ClF3N4O3.C22H30ClF3N4O4S/c1-18(25(27,28)29)36-23(35)32-14-12-30(13-15-32)17-20-4-5-21(26)16-22(20)31-10-7-24(8-11-31)6-3-9-33(24)19(2)34;1-18(24(26,27)28)36-22(33)31-14-12-29(13-15-31)17-19-4-5-20(25)16-21(19)30-10-7-23(8-11-30)6-3-9-32(23)37(2,34)35;1-15(23(25,26)27)34-22(33)29-7-5-28(6-8-29)10-17-3-4-20(24)9-21(17)31-13-18-11-30(16(2)32)12-19(18)14-31;1-15(22(24,25)26)34-21(31)28-7-5-27(6-8-28)10-16-3-4-19(23)9-20(16)29-11-17-13-30(35(2,32)33)14-18(17)12-29/h4-5,16,18H,3,6-15,17H2,1-2H3;4-5,16,18H,3,6-15,17H2,1-2H3;3-4,9,15,18-19H,5-8,10-14H2,1-2H3;3-4,9,15,17-18H,5-8,10-14H2,1-2H3. The molecule has 12 aliphatic rings. The maximum atomic E-state index is 12.7. The Labute approximate surface area is 841 Å². The lowest BCUT2D eigenvalue weighted by molar-refractivity contribution is -0.200. The molecule has 0 aromatic heterocycles. The minimum Gasteiger partial charge on any atom is -0.437 e. The van der Waals surface area contributed by atoms with Crippen molar-refractivity contribution in [2.24, 2.45) is 23.7 Å². The van der Waals surface area contributed by atoms with Gasteiger partial charge >= 0.3 is 49.1 Å². The molecule has 16 rings (SSSR count). The average molecular weight is 2140 g/mol. The highest BCUT2D eigenvalue weighted by atomic mass is 35.5. The third-order valence-corrected chi connectivity index (χ3v) is 33.3. The van der Waals surface area contributed by atoms with E-state index >= 15 is 0 Å². The molecule has 0 N–H and O–H groups in total. The number of carbonyl (C=O) groups is 6. The number of ether oxygens (including phenoxy) is 4. The SMILES string of the molecule is CC(=O)N1CC2CN(c3cc(Cl)ccc3CN3CCN(C(=O)OC(C)C(F)(F)F)CC3)CC2C1.CC(=O)N1CCCC12CCN(c1cc(Cl)ccc1CN1CCN(C(=O)OC(C)C(F)(F)F)CC1)CC2.CC(OC(=O)N1CCN(Cc2ccc(Cl)cc2N2CC3CN(S(C)(=O)=O)CC3C2)CC1)C(F)(F)F.CC(OC(=O)N1CCN(Cc2ccc(Cl)cc2N2CCC3(CCCN3S(C)(=O)=O)CC2)CC1)C(F)(F)F. The van der Waals surface area contributed by atoms with Crippen molar-refractivity contribution < 1.29 is 117 Å². The van der Waals surface area contributed by atoms with Gasteiger partial charge in [-0.3, -0.25) is 29.2 Å². The topological polar surface area (TPSA) is 259 Å². The van der Waals surface area contributed by atoms with Crippen molar-refractivity contribution in [3.63, 3.8) is 0 Å². The van der Waals surface area contributed by atoms with Gasteiger partial charge in [0, 0.05) is 302 Å². The van der Waals surface area contributed by atoms with Crippen LogP contribution in [0.5, 0.6) is 0 Å². The molecule has 2 spiro atoms. The number of rotatable bonds is 18. The fourth-order valence-electron chi connectivity index (χ4n) is 21.4. The number of amides is 6. The van der Waals surface area contributed by atoms with Crippen LogP contribution in [0.2, 0.25) is 20.1 Å². The summed E-state index contributed by atoms with van der Waals surface area (Å²) < 4.78 is 222. The molecule has 6 amide bonds. The highest BCUT2D eigenvalue weighted by molar-refractivity contribution is 7.88. The molecule has 8 atom stereocenters. The number of halogens is 16. The molecule has 12 fully saturated rings. The summed E-state index contributed by atoms with van der Waals surface area (Å²) in [5.41, 5.74) is 8.20. The second-order valence-electron chi connectivity index (χ2n) is 39.4. The van der Waals surface area contributed by atoms with Crippen LogP contribution in [0.15, 0.2) is 72.8 Å². The van der Waals surface area contributed by atoms with Crippen molar-refractivity contribution in [1.29, 1.82) is 0 Å². The van der Waals surface area contributed by atoms with Gasteiger partial charge in [0.2, 0.25) is 31.9 Å². The predicted molar refractivity (Wildman–Crippen MR) is 514 cm³/mol.